The van der Waals surface area contributed by atoms with Gasteiger partial charge in [-0.25, -0.2) is 0 Å². The summed E-state index contributed by atoms with van der Waals surface area (Å²) in [5.41, 5.74) is 4.21. The first-order chi connectivity index (χ1) is 7.20. The molecule has 15 heavy (non-hydrogen) atoms. The number of fused-ring (bicyclic) bond motifs is 1. The molecule has 0 unspecified atom stereocenters. The summed E-state index contributed by atoms with van der Waals surface area (Å²) in [6, 6.07) is 11.3. The Kier molecular flexibility index (Phi) is 2.77. The van der Waals surface area contributed by atoms with Gasteiger partial charge in [-0.3, -0.25) is 0 Å². The van der Waals surface area contributed by atoms with Crippen LogP contribution in [0.1, 0.15) is 30.0 Å². The summed E-state index contributed by atoms with van der Waals surface area (Å²) in [5, 5.41) is 2.81. The topological polar surface area (TPSA) is 0 Å². The first-order valence-corrected chi connectivity index (χ1v) is 5.70. The third kappa shape index (κ3) is 2.04. The monoisotopic (exact) mass is 198 g/mol. The zero-order valence-corrected chi connectivity index (χ0v) is 9.80. The second kappa shape index (κ2) is 4.06. The predicted molar refractivity (Wildman–Crippen MR) is 67.4 cm³/mol. The normalized spacial score (nSPS) is 10.9. The zero-order valence-electron chi connectivity index (χ0n) is 9.80. The van der Waals surface area contributed by atoms with Crippen LogP contribution in [0.15, 0.2) is 30.3 Å². The van der Waals surface area contributed by atoms with Gasteiger partial charge < -0.3 is 0 Å². The molecule has 0 amide bonds. The van der Waals surface area contributed by atoms with E-state index >= 15 is 0 Å². The molecule has 0 aliphatic carbocycles. The molecule has 0 aliphatic heterocycles. The van der Waals surface area contributed by atoms with Crippen molar-refractivity contribution in [1.29, 1.82) is 0 Å². The van der Waals surface area contributed by atoms with Crippen LogP contribution in [0.2, 0.25) is 0 Å². The van der Waals surface area contributed by atoms with Crippen molar-refractivity contribution >= 4 is 10.8 Å². The number of rotatable bonds is 2. The average molecular weight is 198 g/mol. The molecular weight excluding hydrogens is 180 g/mol. The largest absolute Gasteiger partial charge is 0.0651 e. The Morgan fingerprint density at radius 1 is 0.933 bits per heavy atom. The minimum Gasteiger partial charge on any atom is -0.0651 e. The van der Waals surface area contributed by atoms with Crippen LogP contribution >= 0.6 is 0 Å². The highest BCUT2D eigenvalue weighted by Gasteiger charge is 2.01. The molecule has 0 spiro atoms. The van der Waals surface area contributed by atoms with E-state index in [2.05, 4.69) is 51.1 Å². The molecule has 78 valence electrons. The van der Waals surface area contributed by atoms with Crippen LogP contribution in [0.4, 0.5) is 0 Å². The smallest absolute Gasteiger partial charge is 0.0152 e. The molecule has 0 heteroatoms. The second-order valence-electron chi connectivity index (χ2n) is 4.40. The molecule has 2 aromatic rings. The number of hydrogen-bond acceptors (Lipinski definition) is 0. The fourth-order valence-corrected chi connectivity index (χ4v) is 2.21. The average Bonchev–Trinajstić information content (AvgIpc) is 2.17. The van der Waals surface area contributed by atoms with Crippen LogP contribution in [0, 0.1) is 13.8 Å². The van der Waals surface area contributed by atoms with Crippen molar-refractivity contribution in [3.8, 4) is 0 Å². The Balaban J connectivity index is 2.68. The van der Waals surface area contributed by atoms with Crippen molar-refractivity contribution in [2.45, 2.75) is 33.6 Å². The number of hydrogen-bond donors (Lipinski definition) is 0. The second-order valence-corrected chi connectivity index (χ2v) is 4.40. The first kappa shape index (κ1) is 10.2. The summed E-state index contributed by atoms with van der Waals surface area (Å²) in [7, 11) is 0. The fraction of sp³-hybridized carbons (Fsp3) is 0.333. The molecule has 0 atom stereocenters. The fourth-order valence-electron chi connectivity index (χ4n) is 2.21. The molecule has 0 aliphatic rings. The van der Waals surface area contributed by atoms with E-state index in [0.29, 0.717) is 0 Å². The Morgan fingerprint density at radius 3 is 2.40 bits per heavy atom. The molecular formula is C15H18. The van der Waals surface area contributed by atoms with Gasteiger partial charge in [0.05, 0.1) is 0 Å². The van der Waals surface area contributed by atoms with Crippen LogP contribution in [0.25, 0.3) is 10.8 Å². The van der Waals surface area contributed by atoms with E-state index in [0.717, 1.165) is 0 Å². The molecule has 2 aromatic carbocycles. The zero-order chi connectivity index (χ0) is 10.8. The lowest BCUT2D eigenvalue weighted by molar-refractivity contribution is 0.928. The highest BCUT2D eigenvalue weighted by molar-refractivity contribution is 5.87. The molecule has 0 nitrogen and oxygen atoms in total. The summed E-state index contributed by atoms with van der Waals surface area (Å²) in [5.74, 6) is 0. The maximum Gasteiger partial charge on any atom is -0.0152 e. The van der Waals surface area contributed by atoms with Crippen LogP contribution in [-0.2, 0) is 6.42 Å². The van der Waals surface area contributed by atoms with Crippen molar-refractivity contribution in [3.05, 3.63) is 47.0 Å². The van der Waals surface area contributed by atoms with Crippen molar-refractivity contribution in [1.82, 2.24) is 0 Å². The lowest BCUT2D eigenvalue weighted by atomic mass is 9.97. The number of benzene rings is 2. The maximum atomic E-state index is 2.32. The van der Waals surface area contributed by atoms with Crippen LogP contribution in [0.3, 0.4) is 0 Å². The lowest BCUT2D eigenvalue weighted by Crippen LogP contribution is -1.88. The highest BCUT2D eigenvalue weighted by Crippen LogP contribution is 2.23. The molecule has 2 rings (SSSR count). The van der Waals surface area contributed by atoms with Gasteiger partial charge in [0.15, 0.2) is 0 Å². The highest BCUT2D eigenvalue weighted by atomic mass is 14.1. The van der Waals surface area contributed by atoms with E-state index in [1.807, 2.05) is 0 Å². The summed E-state index contributed by atoms with van der Waals surface area (Å²) in [4.78, 5) is 0. The quantitative estimate of drug-likeness (QED) is 0.670. The molecule has 0 saturated heterocycles. The Morgan fingerprint density at radius 2 is 1.67 bits per heavy atom. The Bertz CT molecular complexity index is 475. The van der Waals surface area contributed by atoms with E-state index < -0.39 is 0 Å². The van der Waals surface area contributed by atoms with Crippen molar-refractivity contribution in [2.24, 2.45) is 0 Å². The first-order valence-electron chi connectivity index (χ1n) is 5.70. The molecule has 0 bridgehead atoms. The van der Waals surface area contributed by atoms with Crippen LogP contribution in [0.5, 0.6) is 0 Å². The van der Waals surface area contributed by atoms with Gasteiger partial charge in [-0.15, -0.1) is 0 Å². The summed E-state index contributed by atoms with van der Waals surface area (Å²) in [6.07, 6.45) is 2.40. The van der Waals surface area contributed by atoms with Crippen LogP contribution < -0.4 is 0 Å². The van der Waals surface area contributed by atoms with E-state index in [-0.39, 0.29) is 0 Å². The van der Waals surface area contributed by atoms with E-state index in [4.69, 9.17) is 0 Å². The standard InChI is InChI=1S/C15H18/c1-4-5-13-9-12(3)10-14-8-11(2)6-7-15(13)14/h6-10H,4-5H2,1-3H3. The van der Waals surface area contributed by atoms with Gasteiger partial charge in [0.1, 0.15) is 0 Å². The minimum atomic E-state index is 1.18. The lowest BCUT2D eigenvalue weighted by Gasteiger charge is -2.08. The molecule has 0 saturated carbocycles. The molecule has 0 aromatic heterocycles. The van der Waals surface area contributed by atoms with Gasteiger partial charge in [0.25, 0.3) is 0 Å². The van der Waals surface area contributed by atoms with Crippen molar-refractivity contribution < 1.29 is 0 Å². The van der Waals surface area contributed by atoms with Crippen LogP contribution in [-0.4, -0.2) is 0 Å². The van der Waals surface area contributed by atoms with Crippen molar-refractivity contribution in [2.75, 3.05) is 0 Å². The summed E-state index contributed by atoms with van der Waals surface area (Å²) >= 11 is 0. The Hall–Kier alpha value is -1.30. The van der Waals surface area contributed by atoms with Gasteiger partial charge in [-0.05, 0) is 36.6 Å². The minimum absolute atomic E-state index is 1.18. The van der Waals surface area contributed by atoms with E-state index in [1.165, 1.54) is 40.3 Å². The van der Waals surface area contributed by atoms with Gasteiger partial charge in [-0.2, -0.15) is 0 Å². The summed E-state index contributed by atoms with van der Waals surface area (Å²) in [6.45, 7) is 6.57. The molecule has 0 N–H and O–H groups in total. The van der Waals surface area contributed by atoms with Gasteiger partial charge in [-0.1, -0.05) is 54.8 Å². The third-order valence-corrected chi connectivity index (χ3v) is 2.86. The molecule has 0 fully saturated rings. The SMILES string of the molecule is CCCc1cc(C)cc2cc(C)ccc12. The summed E-state index contributed by atoms with van der Waals surface area (Å²) < 4.78 is 0. The van der Waals surface area contributed by atoms with Gasteiger partial charge in [0.2, 0.25) is 0 Å². The number of aryl methyl sites for hydroxylation is 3. The van der Waals surface area contributed by atoms with Gasteiger partial charge in [0, 0.05) is 0 Å². The predicted octanol–water partition coefficient (Wildman–Crippen LogP) is 4.41. The van der Waals surface area contributed by atoms with E-state index in [9.17, 15) is 0 Å². The maximum absolute atomic E-state index is 2.32. The van der Waals surface area contributed by atoms with Crippen molar-refractivity contribution in [3.63, 3.8) is 0 Å². The third-order valence-electron chi connectivity index (χ3n) is 2.86. The molecule has 0 heterocycles. The molecule has 0 radical (unpaired) electrons. The van der Waals surface area contributed by atoms with E-state index in [1.54, 1.807) is 0 Å². The Labute approximate surface area is 91.9 Å². The van der Waals surface area contributed by atoms with Gasteiger partial charge >= 0.3 is 0 Å².